The number of aliphatic carboxylic acids is 1. The highest BCUT2D eigenvalue weighted by Crippen LogP contribution is 2.26. The SMILES string of the molecule is CC(C)(Cl)/N=N/C(CCCCC(=O)O)c1ccccc1. The molecule has 1 aromatic carbocycles. The van der Waals surface area contributed by atoms with E-state index in [9.17, 15) is 4.79 Å². The number of azo groups is 1. The van der Waals surface area contributed by atoms with Crippen molar-refractivity contribution in [1.82, 2.24) is 0 Å². The van der Waals surface area contributed by atoms with E-state index in [2.05, 4.69) is 10.2 Å². The van der Waals surface area contributed by atoms with Crippen LogP contribution >= 0.6 is 11.6 Å². The summed E-state index contributed by atoms with van der Waals surface area (Å²) < 4.78 is 0. The molecule has 0 aliphatic carbocycles. The molecule has 0 saturated carbocycles. The van der Waals surface area contributed by atoms with Crippen molar-refractivity contribution in [3.05, 3.63) is 35.9 Å². The van der Waals surface area contributed by atoms with Gasteiger partial charge in [0.05, 0.1) is 6.04 Å². The first-order chi connectivity index (χ1) is 9.38. The molecule has 5 heteroatoms. The van der Waals surface area contributed by atoms with E-state index in [0.29, 0.717) is 6.42 Å². The largest absolute Gasteiger partial charge is 0.481 e. The topological polar surface area (TPSA) is 62.0 Å². The summed E-state index contributed by atoms with van der Waals surface area (Å²) in [5.74, 6) is -0.759. The van der Waals surface area contributed by atoms with Crippen molar-refractivity contribution in [2.75, 3.05) is 0 Å². The molecule has 1 aromatic rings. The van der Waals surface area contributed by atoms with E-state index in [4.69, 9.17) is 16.7 Å². The highest BCUT2D eigenvalue weighted by atomic mass is 35.5. The van der Waals surface area contributed by atoms with Gasteiger partial charge < -0.3 is 5.11 Å². The van der Waals surface area contributed by atoms with Crippen molar-refractivity contribution in [3.8, 4) is 0 Å². The molecule has 0 amide bonds. The number of halogens is 1. The summed E-state index contributed by atoms with van der Waals surface area (Å²) in [5.41, 5.74) is 1.08. The van der Waals surface area contributed by atoms with Gasteiger partial charge in [-0.05, 0) is 32.3 Å². The van der Waals surface area contributed by atoms with Gasteiger partial charge in [0.15, 0.2) is 0 Å². The summed E-state index contributed by atoms with van der Waals surface area (Å²) in [7, 11) is 0. The maximum Gasteiger partial charge on any atom is 0.303 e. The highest BCUT2D eigenvalue weighted by Gasteiger charge is 2.14. The van der Waals surface area contributed by atoms with Crippen LogP contribution in [0.1, 0.15) is 51.1 Å². The molecular formula is C15H21ClN2O2. The van der Waals surface area contributed by atoms with Crippen LogP contribution in [0.2, 0.25) is 0 Å². The Morgan fingerprint density at radius 3 is 2.50 bits per heavy atom. The number of hydrogen-bond acceptors (Lipinski definition) is 3. The molecule has 1 rings (SSSR count). The third-order valence-corrected chi connectivity index (χ3v) is 2.81. The maximum atomic E-state index is 10.5. The highest BCUT2D eigenvalue weighted by molar-refractivity contribution is 6.23. The van der Waals surface area contributed by atoms with E-state index in [1.807, 2.05) is 30.3 Å². The minimum absolute atomic E-state index is 0.0666. The fourth-order valence-corrected chi connectivity index (χ4v) is 1.83. The fourth-order valence-electron chi connectivity index (χ4n) is 1.79. The molecule has 0 radical (unpaired) electrons. The van der Waals surface area contributed by atoms with Gasteiger partial charge in [-0.3, -0.25) is 4.79 Å². The van der Waals surface area contributed by atoms with Crippen LogP contribution in [0.15, 0.2) is 40.6 Å². The van der Waals surface area contributed by atoms with Gasteiger partial charge >= 0.3 is 5.97 Å². The standard InChI is InChI=1S/C15H21ClN2O2/c1-15(2,16)18-17-13(10-6-7-11-14(19)20)12-8-4-3-5-9-12/h3-5,8-9,13H,6-7,10-11H2,1-2H3,(H,19,20)/b18-17+. The summed E-state index contributed by atoms with van der Waals surface area (Å²) in [6.07, 6.45) is 2.42. The molecule has 0 saturated heterocycles. The molecule has 0 heterocycles. The first-order valence-corrected chi connectivity index (χ1v) is 7.14. The number of nitrogens with zero attached hydrogens (tertiary/aromatic N) is 2. The summed E-state index contributed by atoms with van der Waals surface area (Å²) in [6.45, 7) is 3.56. The average molecular weight is 297 g/mol. The van der Waals surface area contributed by atoms with E-state index in [0.717, 1.165) is 18.4 Å². The van der Waals surface area contributed by atoms with Crippen LogP contribution in [0, 0.1) is 0 Å². The number of hydrogen-bond donors (Lipinski definition) is 1. The Bertz CT molecular complexity index is 441. The molecule has 4 nitrogen and oxygen atoms in total. The lowest BCUT2D eigenvalue weighted by Crippen LogP contribution is -2.05. The van der Waals surface area contributed by atoms with Crippen molar-refractivity contribution < 1.29 is 9.90 Å². The van der Waals surface area contributed by atoms with Gasteiger partial charge in [0.1, 0.15) is 5.00 Å². The van der Waals surface area contributed by atoms with E-state index >= 15 is 0 Å². The van der Waals surface area contributed by atoms with Crippen molar-refractivity contribution in [2.24, 2.45) is 10.2 Å². The zero-order valence-electron chi connectivity index (χ0n) is 11.9. The summed E-state index contributed by atoms with van der Waals surface area (Å²) in [6, 6.07) is 9.81. The van der Waals surface area contributed by atoms with E-state index < -0.39 is 11.0 Å². The number of unbranched alkanes of at least 4 members (excludes halogenated alkanes) is 1. The van der Waals surface area contributed by atoms with Crippen LogP contribution in [0.3, 0.4) is 0 Å². The van der Waals surface area contributed by atoms with Gasteiger partial charge in [-0.2, -0.15) is 10.2 Å². The van der Waals surface area contributed by atoms with Crippen LogP contribution in [-0.2, 0) is 4.79 Å². The number of benzene rings is 1. The lowest BCUT2D eigenvalue weighted by molar-refractivity contribution is -0.137. The lowest BCUT2D eigenvalue weighted by Gasteiger charge is -2.14. The second-order valence-corrected chi connectivity index (χ2v) is 6.12. The second-order valence-electron chi connectivity index (χ2n) is 5.19. The second kappa shape index (κ2) is 8.00. The molecule has 0 aromatic heterocycles. The Hall–Kier alpha value is -1.42. The zero-order chi connectivity index (χ0) is 15.0. The molecule has 0 bridgehead atoms. The molecule has 0 spiro atoms. The van der Waals surface area contributed by atoms with Gasteiger partial charge in [-0.15, -0.1) is 0 Å². The third-order valence-electron chi connectivity index (χ3n) is 2.74. The molecule has 0 aliphatic rings. The van der Waals surface area contributed by atoms with Crippen LogP contribution in [0.4, 0.5) is 0 Å². The monoisotopic (exact) mass is 296 g/mol. The maximum absolute atomic E-state index is 10.5. The van der Waals surface area contributed by atoms with Gasteiger partial charge in [0, 0.05) is 6.42 Å². The first kappa shape index (κ1) is 16.6. The van der Waals surface area contributed by atoms with Crippen molar-refractivity contribution in [1.29, 1.82) is 0 Å². The minimum Gasteiger partial charge on any atom is -0.481 e. The van der Waals surface area contributed by atoms with Crippen LogP contribution in [-0.4, -0.2) is 16.1 Å². The molecule has 0 aliphatic heterocycles. The number of carboxylic acids is 1. The number of carbonyl (C=O) groups is 1. The normalized spacial score (nSPS) is 13.6. The van der Waals surface area contributed by atoms with Crippen LogP contribution < -0.4 is 0 Å². The van der Waals surface area contributed by atoms with E-state index in [1.54, 1.807) is 13.8 Å². The Balaban J connectivity index is 2.65. The molecular weight excluding hydrogens is 276 g/mol. The predicted octanol–water partition coefficient (Wildman–Crippen LogP) is 4.80. The van der Waals surface area contributed by atoms with Crippen LogP contribution in [0.25, 0.3) is 0 Å². The number of carboxylic acid groups (broad SMARTS) is 1. The zero-order valence-corrected chi connectivity index (χ0v) is 12.7. The Labute approximate surface area is 124 Å². The molecule has 1 N–H and O–H groups in total. The third kappa shape index (κ3) is 7.24. The minimum atomic E-state index is -0.759. The quantitative estimate of drug-likeness (QED) is 0.324. The van der Waals surface area contributed by atoms with E-state index in [1.165, 1.54) is 0 Å². The summed E-state index contributed by atoms with van der Waals surface area (Å²) in [4.78, 5) is 9.80. The molecule has 1 unspecified atom stereocenters. The molecule has 0 fully saturated rings. The Morgan fingerprint density at radius 1 is 1.30 bits per heavy atom. The Morgan fingerprint density at radius 2 is 1.95 bits per heavy atom. The number of rotatable bonds is 8. The molecule has 1 atom stereocenters. The molecule has 110 valence electrons. The molecule has 20 heavy (non-hydrogen) atoms. The summed E-state index contributed by atoms with van der Waals surface area (Å²) >= 11 is 6.03. The van der Waals surface area contributed by atoms with Crippen molar-refractivity contribution in [3.63, 3.8) is 0 Å². The smallest absolute Gasteiger partial charge is 0.303 e. The fraction of sp³-hybridized carbons (Fsp3) is 0.533. The average Bonchev–Trinajstić information content (AvgIpc) is 2.37. The van der Waals surface area contributed by atoms with E-state index in [-0.39, 0.29) is 12.5 Å². The van der Waals surface area contributed by atoms with Crippen LogP contribution in [0.5, 0.6) is 0 Å². The first-order valence-electron chi connectivity index (χ1n) is 6.76. The Kier molecular flexibility index (Phi) is 6.65. The summed E-state index contributed by atoms with van der Waals surface area (Å²) in [5, 5.41) is 17.1. The predicted molar refractivity (Wildman–Crippen MR) is 80.1 cm³/mol. The number of alkyl halides is 1. The lowest BCUT2D eigenvalue weighted by atomic mass is 10.0. The van der Waals surface area contributed by atoms with Gasteiger partial charge in [-0.1, -0.05) is 48.4 Å². The van der Waals surface area contributed by atoms with Gasteiger partial charge in [0.2, 0.25) is 0 Å². The van der Waals surface area contributed by atoms with Gasteiger partial charge in [-0.25, -0.2) is 0 Å². The van der Waals surface area contributed by atoms with Crippen molar-refractivity contribution in [2.45, 2.75) is 50.6 Å². The van der Waals surface area contributed by atoms with Crippen molar-refractivity contribution >= 4 is 17.6 Å². The van der Waals surface area contributed by atoms with Gasteiger partial charge in [0.25, 0.3) is 0 Å².